The fourth-order valence-electron chi connectivity index (χ4n) is 7.69. The normalized spacial score (nSPS) is 11.1. The van der Waals surface area contributed by atoms with Gasteiger partial charge >= 0.3 is 0 Å². The molecule has 0 saturated heterocycles. The maximum absolute atomic E-state index is 10.7. The average Bonchev–Trinajstić information content (AvgIpc) is 3.53. The Bertz CT molecular complexity index is 2940. The van der Waals surface area contributed by atoms with Crippen molar-refractivity contribution in [2.75, 3.05) is 0 Å². The van der Waals surface area contributed by atoms with Crippen molar-refractivity contribution in [1.29, 1.82) is 15.8 Å². The SMILES string of the molecule is N#Cc1ccc2c(c1)c1ccccc1n2-c1ccc(C#N)c(-c2ccc(-c3c4ccccc4c(-c4ccccc4)c4ccccc34)cc2C#N)c1. The third-order valence-corrected chi connectivity index (χ3v) is 9.90. The molecule has 0 atom stereocenters. The van der Waals surface area contributed by atoms with Crippen molar-refractivity contribution in [3.05, 3.63) is 174 Å². The molecule has 4 nitrogen and oxygen atoms in total. The van der Waals surface area contributed by atoms with E-state index in [0.717, 1.165) is 65.7 Å². The molecular formula is C47H26N4. The molecular weight excluding hydrogens is 621 g/mol. The molecule has 0 fully saturated rings. The van der Waals surface area contributed by atoms with Crippen LogP contribution < -0.4 is 0 Å². The molecule has 0 radical (unpaired) electrons. The number of fused-ring (bicyclic) bond motifs is 5. The van der Waals surface area contributed by atoms with Crippen LogP contribution in [0.3, 0.4) is 0 Å². The van der Waals surface area contributed by atoms with Crippen LogP contribution in [0.5, 0.6) is 0 Å². The van der Waals surface area contributed by atoms with E-state index >= 15 is 0 Å². The molecule has 0 saturated carbocycles. The van der Waals surface area contributed by atoms with Crippen molar-refractivity contribution >= 4 is 43.4 Å². The van der Waals surface area contributed by atoms with Crippen LogP contribution in [0, 0.1) is 34.0 Å². The Morgan fingerprint density at radius 1 is 0.373 bits per heavy atom. The molecule has 9 aromatic rings. The van der Waals surface area contributed by atoms with Crippen molar-refractivity contribution in [2.24, 2.45) is 0 Å². The van der Waals surface area contributed by atoms with Crippen LogP contribution in [0.25, 0.3) is 82.4 Å². The summed E-state index contributed by atoms with van der Waals surface area (Å²) < 4.78 is 2.16. The van der Waals surface area contributed by atoms with Gasteiger partial charge in [0.05, 0.1) is 45.9 Å². The fourth-order valence-corrected chi connectivity index (χ4v) is 7.69. The second-order valence-electron chi connectivity index (χ2n) is 12.6. The third kappa shape index (κ3) is 4.66. The van der Waals surface area contributed by atoms with Crippen LogP contribution in [0.2, 0.25) is 0 Å². The summed E-state index contributed by atoms with van der Waals surface area (Å²) in [4.78, 5) is 0. The van der Waals surface area contributed by atoms with Crippen LogP contribution in [0.1, 0.15) is 16.7 Å². The van der Waals surface area contributed by atoms with E-state index in [4.69, 9.17) is 0 Å². The molecule has 51 heavy (non-hydrogen) atoms. The zero-order valence-corrected chi connectivity index (χ0v) is 27.3. The predicted molar refractivity (Wildman–Crippen MR) is 206 cm³/mol. The third-order valence-electron chi connectivity index (χ3n) is 9.90. The Hall–Kier alpha value is -7.45. The fraction of sp³-hybridized carbons (Fsp3) is 0. The Kier molecular flexibility index (Phi) is 6.93. The quantitative estimate of drug-likeness (QED) is 0.179. The molecule has 8 aromatic carbocycles. The lowest BCUT2D eigenvalue weighted by molar-refractivity contribution is 1.18. The molecule has 0 unspecified atom stereocenters. The van der Waals surface area contributed by atoms with Crippen molar-refractivity contribution in [3.8, 4) is 57.3 Å². The van der Waals surface area contributed by atoms with E-state index in [1.807, 2.05) is 66.7 Å². The minimum atomic E-state index is 0.485. The van der Waals surface area contributed by atoms with Gasteiger partial charge in [0, 0.05) is 27.6 Å². The first-order valence-corrected chi connectivity index (χ1v) is 16.7. The topological polar surface area (TPSA) is 76.3 Å². The lowest BCUT2D eigenvalue weighted by Crippen LogP contribution is -1.97. The number of hydrogen-bond acceptors (Lipinski definition) is 3. The smallest absolute Gasteiger partial charge is 0.0998 e. The minimum Gasteiger partial charge on any atom is -0.309 e. The highest BCUT2D eigenvalue weighted by molar-refractivity contribution is 6.21. The number of nitrogens with zero attached hydrogens (tertiary/aromatic N) is 4. The molecule has 0 bridgehead atoms. The van der Waals surface area contributed by atoms with Crippen LogP contribution in [-0.2, 0) is 0 Å². The van der Waals surface area contributed by atoms with Gasteiger partial charge in [-0.1, -0.05) is 109 Å². The van der Waals surface area contributed by atoms with E-state index in [1.165, 1.54) is 5.56 Å². The second kappa shape index (κ2) is 11.9. The summed E-state index contributed by atoms with van der Waals surface area (Å²) in [6.45, 7) is 0. The van der Waals surface area contributed by atoms with Crippen LogP contribution >= 0.6 is 0 Å². The maximum Gasteiger partial charge on any atom is 0.0998 e. The van der Waals surface area contributed by atoms with Gasteiger partial charge in [-0.2, -0.15) is 15.8 Å². The summed E-state index contributed by atoms with van der Waals surface area (Å²) in [5, 5.41) is 37.1. The predicted octanol–water partition coefficient (Wildman–Crippen LogP) is 11.7. The van der Waals surface area contributed by atoms with E-state index in [0.29, 0.717) is 27.8 Å². The Labute approximate surface area is 294 Å². The highest BCUT2D eigenvalue weighted by Gasteiger charge is 2.20. The molecule has 9 rings (SSSR count). The van der Waals surface area contributed by atoms with Gasteiger partial charge in [0.1, 0.15) is 0 Å². The van der Waals surface area contributed by atoms with Crippen molar-refractivity contribution in [1.82, 2.24) is 4.57 Å². The molecule has 0 aliphatic heterocycles. The summed E-state index contributed by atoms with van der Waals surface area (Å²) >= 11 is 0. The molecule has 234 valence electrons. The summed E-state index contributed by atoms with van der Waals surface area (Å²) in [6, 6.07) is 60.2. The van der Waals surface area contributed by atoms with Crippen molar-refractivity contribution < 1.29 is 0 Å². The maximum atomic E-state index is 10.7. The van der Waals surface area contributed by atoms with Gasteiger partial charge in [-0.3, -0.25) is 0 Å². The highest BCUT2D eigenvalue weighted by Crippen LogP contribution is 2.44. The lowest BCUT2D eigenvalue weighted by atomic mass is 9.85. The summed E-state index contributed by atoms with van der Waals surface area (Å²) in [5.74, 6) is 0. The zero-order chi connectivity index (χ0) is 34.5. The van der Waals surface area contributed by atoms with Gasteiger partial charge in [0.15, 0.2) is 0 Å². The first kappa shape index (κ1) is 29.7. The molecule has 0 aliphatic rings. The molecule has 0 amide bonds. The first-order valence-electron chi connectivity index (χ1n) is 16.7. The van der Waals surface area contributed by atoms with Crippen molar-refractivity contribution in [2.45, 2.75) is 0 Å². The van der Waals surface area contributed by atoms with Crippen molar-refractivity contribution in [3.63, 3.8) is 0 Å². The van der Waals surface area contributed by atoms with E-state index in [-0.39, 0.29) is 0 Å². The summed E-state index contributed by atoms with van der Waals surface area (Å²) in [5.41, 5.74) is 10.1. The van der Waals surface area contributed by atoms with Crippen LogP contribution in [-0.4, -0.2) is 4.57 Å². The van der Waals surface area contributed by atoms with Crippen LogP contribution in [0.4, 0.5) is 0 Å². The highest BCUT2D eigenvalue weighted by atomic mass is 15.0. The summed E-state index contributed by atoms with van der Waals surface area (Å²) in [6.07, 6.45) is 0. The number of para-hydroxylation sites is 1. The van der Waals surface area contributed by atoms with E-state index < -0.39 is 0 Å². The molecule has 0 aliphatic carbocycles. The van der Waals surface area contributed by atoms with E-state index in [2.05, 4.69) is 114 Å². The molecule has 1 heterocycles. The number of aromatic nitrogens is 1. The second-order valence-corrected chi connectivity index (χ2v) is 12.6. The lowest BCUT2D eigenvalue weighted by Gasteiger charge is -2.18. The molecule has 1 aromatic heterocycles. The number of benzene rings is 8. The summed E-state index contributed by atoms with van der Waals surface area (Å²) in [7, 11) is 0. The Morgan fingerprint density at radius 3 is 1.61 bits per heavy atom. The van der Waals surface area contributed by atoms with Gasteiger partial charge in [-0.15, -0.1) is 0 Å². The van der Waals surface area contributed by atoms with Gasteiger partial charge in [0.2, 0.25) is 0 Å². The standard InChI is InChI=1S/C47H26N4/c48-27-30-18-23-45-43(24-30)37-12-8-9-17-44(37)51(45)35-21-19-33(28-49)42(26-35)36-22-20-32(25-34(36)29-50)47-40-15-6-4-13-38(40)46(31-10-2-1-3-11-31)39-14-5-7-16-41(39)47/h1-26H. The zero-order valence-electron chi connectivity index (χ0n) is 27.3. The molecule has 4 heteroatoms. The number of nitriles is 3. The van der Waals surface area contributed by atoms with E-state index in [9.17, 15) is 15.8 Å². The first-order chi connectivity index (χ1) is 25.2. The Morgan fingerprint density at radius 2 is 0.961 bits per heavy atom. The molecule has 0 spiro atoms. The van der Waals surface area contributed by atoms with E-state index in [1.54, 1.807) is 0 Å². The average molecular weight is 647 g/mol. The monoisotopic (exact) mass is 646 g/mol. The Balaban J connectivity index is 1.26. The van der Waals surface area contributed by atoms with Gasteiger partial charge in [-0.25, -0.2) is 0 Å². The largest absolute Gasteiger partial charge is 0.309 e. The van der Waals surface area contributed by atoms with Crippen LogP contribution in [0.15, 0.2) is 158 Å². The number of rotatable bonds is 4. The molecule has 0 N–H and O–H groups in total. The van der Waals surface area contributed by atoms with Gasteiger partial charge in [-0.05, 0) is 92.3 Å². The number of hydrogen-bond donors (Lipinski definition) is 0. The van der Waals surface area contributed by atoms with Gasteiger partial charge < -0.3 is 4.57 Å². The van der Waals surface area contributed by atoms with Gasteiger partial charge in [0.25, 0.3) is 0 Å². The minimum absolute atomic E-state index is 0.485.